The number of ketones is 2. The minimum absolute atomic E-state index is 0. The van der Waals surface area contributed by atoms with Gasteiger partial charge in [-0.25, -0.2) is 19.6 Å². The molecular weight excluding hydrogens is 1160 g/mol. The Hall–Kier alpha value is -3.54. The molecule has 9 saturated carbocycles. The SMILES string of the molecule is CC.CC.CC.CC(=O)c1cccc(O)c1.CC1(c2cccc(O)c2)OOC12C1CCCC2C2CCCCC2C1.CC1(c2cccc(O[C@@H]3O[CH-][C@@H](O)[C@H](O)C3O)c2)OOC12C1CCCC2C2CCCCC2C1.O=C1C2CCCC1C1CCCCC1C2.O=C=O.[Na+]. The molecule has 9 aliphatic carbocycles. The van der Waals surface area contributed by atoms with Crippen molar-refractivity contribution in [3.05, 3.63) is 96.1 Å². The number of aliphatic hydroxyl groups excluding tert-OH is 3. The number of hydrogen-bond acceptors (Lipinski definition) is 15. The minimum Gasteiger partial charge on any atom is -0.516 e. The van der Waals surface area contributed by atoms with E-state index in [1.165, 1.54) is 173 Å². The first kappa shape index (κ1) is 74.8. The summed E-state index contributed by atoms with van der Waals surface area (Å²) in [6.07, 6.45) is 26.7. The van der Waals surface area contributed by atoms with Crippen LogP contribution in [0.15, 0.2) is 72.8 Å². The molecule has 15 nitrogen and oxygen atoms in total. The molecule has 17 unspecified atom stereocenters. The van der Waals surface area contributed by atoms with E-state index in [2.05, 4.69) is 26.0 Å². The fourth-order valence-electron chi connectivity index (χ4n) is 19.5. The molecule has 5 N–H and O–H groups in total. The summed E-state index contributed by atoms with van der Waals surface area (Å²) in [5.74, 6) is 9.72. The van der Waals surface area contributed by atoms with Crippen LogP contribution in [0, 0.1) is 77.6 Å². The predicted molar refractivity (Wildman–Crippen MR) is 342 cm³/mol. The zero-order chi connectivity index (χ0) is 65.0. The van der Waals surface area contributed by atoms with Crippen molar-refractivity contribution in [3.8, 4) is 17.2 Å². The van der Waals surface area contributed by atoms with Crippen molar-refractivity contribution in [2.45, 2.75) is 263 Å². The second-order valence-corrected chi connectivity index (χ2v) is 27.4. The summed E-state index contributed by atoms with van der Waals surface area (Å²) in [6, 6.07) is 21.6. The second-order valence-electron chi connectivity index (χ2n) is 27.4. The van der Waals surface area contributed by atoms with E-state index in [9.17, 15) is 30.0 Å². The molecule has 0 aromatic heterocycles. The first-order valence-electron chi connectivity index (χ1n) is 35.2. The number of carbonyl (C=O) groups is 2. The van der Waals surface area contributed by atoms with Crippen molar-refractivity contribution in [1.29, 1.82) is 0 Å². The Balaban J connectivity index is 0.000000177. The Morgan fingerprint density at radius 2 is 1.01 bits per heavy atom. The van der Waals surface area contributed by atoms with E-state index in [1.54, 1.807) is 24.3 Å². The third-order valence-electron chi connectivity index (χ3n) is 23.3. The van der Waals surface area contributed by atoms with Gasteiger partial charge in [-0.15, -0.1) is 0 Å². The molecule has 3 aliphatic heterocycles. The normalized spacial score (nSPS) is 38.8. The van der Waals surface area contributed by atoms with Crippen molar-refractivity contribution in [2.24, 2.45) is 71.0 Å². The van der Waals surface area contributed by atoms with Crippen LogP contribution >= 0.6 is 0 Å². The van der Waals surface area contributed by atoms with Gasteiger partial charge in [0.25, 0.3) is 0 Å². The van der Waals surface area contributed by atoms with Crippen LogP contribution in [0.3, 0.4) is 0 Å². The maximum absolute atomic E-state index is 12.1. The number of Topliss-reactive ketones (excluding diaryl/α,β-unsaturated/α-hetero) is 2. The predicted octanol–water partition coefficient (Wildman–Crippen LogP) is 12.4. The second kappa shape index (κ2) is 33.9. The molecule has 3 saturated heterocycles. The molecule has 2 spiro atoms. The topological polar surface area (TPSA) is 225 Å². The van der Waals surface area contributed by atoms with Gasteiger partial charge in [-0.3, -0.25) is 9.59 Å². The van der Waals surface area contributed by atoms with Gasteiger partial charge in [0.05, 0.1) is 6.10 Å². The summed E-state index contributed by atoms with van der Waals surface area (Å²) in [4.78, 5) is 63.2. The first-order chi connectivity index (χ1) is 43.6. The number of aromatic hydroxyl groups is 2. The van der Waals surface area contributed by atoms with Crippen LogP contribution in [-0.2, 0) is 49.9 Å². The van der Waals surface area contributed by atoms with Gasteiger partial charge >= 0.3 is 35.7 Å². The maximum Gasteiger partial charge on any atom is 1.00 e. The van der Waals surface area contributed by atoms with Crippen molar-refractivity contribution in [1.82, 2.24) is 0 Å². The average molecular weight is 1270 g/mol. The van der Waals surface area contributed by atoms with Crippen LogP contribution in [0.1, 0.15) is 238 Å². The number of carbonyl (C=O) groups excluding carboxylic acids is 4. The Kier molecular flexibility index (Phi) is 27.9. The van der Waals surface area contributed by atoms with E-state index in [4.69, 9.17) is 43.7 Å². The van der Waals surface area contributed by atoms with E-state index in [1.807, 2.05) is 65.8 Å². The molecule has 12 aliphatic rings. The van der Waals surface area contributed by atoms with E-state index in [0.717, 1.165) is 47.3 Å². The van der Waals surface area contributed by atoms with Crippen molar-refractivity contribution in [3.63, 3.8) is 0 Å². The Morgan fingerprint density at radius 1 is 0.549 bits per heavy atom. The van der Waals surface area contributed by atoms with Crippen molar-refractivity contribution in [2.75, 3.05) is 0 Å². The van der Waals surface area contributed by atoms with Crippen LogP contribution < -0.4 is 34.3 Å². The maximum atomic E-state index is 12.1. The first-order valence-corrected chi connectivity index (χ1v) is 35.2. The van der Waals surface area contributed by atoms with E-state index >= 15 is 0 Å². The van der Waals surface area contributed by atoms with Gasteiger partial charge in [0.1, 0.15) is 40.3 Å². The Labute approximate surface area is 565 Å². The monoisotopic (exact) mass is 1270 g/mol. The molecule has 3 heterocycles. The summed E-state index contributed by atoms with van der Waals surface area (Å²) in [6.45, 7) is 18.9. The van der Waals surface area contributed by atoms with E-state index in [-0.39, 0.29) is 58.4 Å². The van der Waals surface area contributed by atoms with Gasteiger partial charge in [-0.05, 0) is 211 Å². The summed E-state index contributed by atoms with van der Waals surface area (Å²) < 4.78 is 11.2. The molecule has 20 atom stereocenters. The molecular formula is C75H109NaO15. The fourth-order valence-corrected chi connectivity index (χ4v) is 19.5. The summed E-state index contributed by atoms with van der Waals surface area (Å²) >= 11 is 0. The van der Waals surface area contributed by atoms with Gasteiger partial charge in [-0.1, -0.05) is 155 Å². The van der Waals surface area contributed by atoms with Crippen LogP contribution in [0.2, 0.25) is 0 Å². The average Bonchev–Trinajstić information content (AvgIpc) is 0.687. The number of hydrogen-bond donors (Lipinski definition) is 5. The fraction of sp³-hybridized carbons (Fsp3) is 0.707. The molecule has 500 valence electrons. The number of benzene rings is 3. The van der Waals surface area contributed by atoms with Gasteiger partial charge in [0, 0.05) is 17.4 Å². The number of rotatable bonds is 5. The van der Waals surface area contributed by atoms with Crippen LogP contribution in [0.4, 0.5) is 0 Å². The number of phenols is 2. The minimum atomic E-state index is -1.36. The third kappa shape index (κ3) is 15.0. The number of fused-ring (bicyclic) bond motifs is 8. The zero-order valence-corrected chi connectivity index (χ0v) is 58.5. The summed E-state index contributed by atoms with van der Waals surface area (Å²) in [5, 5.41) is 48.7. The largest absolute Gasteiger partial charge is 1.00 e. The van der Waals surface area contributed by atoms with E-state index in [0.29, 0.717) is 64.3 Å². The molecule has 6 bridgehead atoms. The standard InChI is InChI=1S/C26H35O7.C21H28O3.C13H20O.C8H8O2.3C2H6.CO2.Na/c1-25(16-7-4-9-18(13-16)31-24-23(29)22(28)21(27)14-30-24)26(33-32-25)17-8-5-11-20(26)19-10-3-2-6-15(19)12-17;1-20(15-7-4-9-17(22)13-15)21(24-23-20)16-8-5-11-19(21)18-10-3-2-6-14(18)12-16;14-13-10-5-3-7-12(13)11-6-2-1-4-9(11)8-10;1-6(9)7-3-2-4-8(10)5-7;3*1-2;2-1-3;/h4,7,9,13-15,17,19-24,27-29H,2-3,5-6,8,10-12H2,1H3;4,7,9,13-14,16,18-19,22H,2-3,5-6,8,10-12H2,1H3;9-12H,1-8H2;2-5,10H,1H3;3*1-2H3;;/q-1;;;;;;;;+1/t15?,17?,19?,20?,21-,22+,23?,24+,25?,26?;;;;;;;;/m1......../s1. The third-order valence-corrected chi connectivity index (χ3v) is 23.3. The van der Waals surface area contributed by atoms with Gasteiger partial charge in [-0.2, -0.15) is 16.2 Å². The zero-order valence-electron chi connectivity index (χ0n) is 56.5. The molecule has 0 amide bonds. The van der Waals surface area contributed by atoms with Crippen LogP contribution in [0.5, 0.6) is 17.2 Å². The number of ether oxygens (including phenoxy) is 2. The molecule has 3 aromatic carbocycles. The summed E-state index contributed by atoms with van der Waals surface area (Å²) in [5.41, 5.74) is 1.11. The number of phenolic OH excluding ortho intramolecular Hbond substituents is 2. The van der Waals surface area contributed by atoms with Crippen LogP contribution in [-0.4, -0.2) is 79.1 Å². The molecule has 16 heteroatoms. The molecule has 3 aromatic rings. The van der Waals surface area contributed by atoms with Gasteiger partial charge in [0.2, 0.25) is 0 Å². The molecule has 12 fully saturated rings. The quantitative estimate of drug-likeness (QED) is 0.0693. The van der Waals surface area contributed by atoms with Gasteiger partial charge in [0.15, 0.2) is 23.3 Å². The summed E-state index contributed by atoms with van der Waals surface area (Å²) in [7, 11) is 0. The van der Waals surface area contributed by atoms with E-state index < -0.39 is 35.8 Å². The Bertz CT molecular complexity index is 2810. The van der Waals surface area contributed by atoms with Gasteiger partial charge < -0.3 is 35.0 Å². The number of aliphatic hydroxyl groups is 3. The van der Waals surface area contributed by atoms with Crippen molar-refractivity contribution < 1.29 is 103 Å². The molecule has 0 radical (unpaired) electrons. The smallest absolute Gasteiger partial charge is 0.516 e. The van der Waals surface area contributed by atoms with Crippen molar-refractivity contribution >= 4 is 17.7 Å². The Morgan fingerprint density at radius 3 is 1.49 bits per heavy atom. The van der Waals surface area contributed by atoms with Crippen LogP contribution in [0.25, 0.3) is 0 Å². The molecule has 91 heavy (non-hydrogen) atoms. The molecule has 15 rings (SSSR count).